The van der Waals surface area contributed by atoms with Gasteiger partial charge in [-0.3, -0.25) is 4.79 Å². The zero-order chi connectivity index (χ0) is 14.7. The van der Waals surface area contributed by atoms with Gasteiger partial charge in [0.15, 0.2) is 6.61 Å². The number of amides is 1. The third kappa shape index (κ3) is 3.63. The van der Waals surface area contributed by atoms with Gasteiger partial charge in [-0.1, -0.05) is 11.6 Å². The number of aliphatic carboxylic acids is 1. The molecule has 0 spiro atoms. The second kappa shape index (κ2) is 6.13. The molecule has 108 valence electrons. The van der Waals surface area contributed by atoms with Crippen LogP contribution in [-0.2, 0) is 9.59 Å². The first kappa shape index (κ1) is 14.7. The number of hydrogen-bond acceptors (Lipinski definition) is 3. The van der Waals surface area contributed by atoms with E-state index < -0.39 is 12.0 Å². The number of carboxylic acid groups (broad SMARTS) is 1. The molecule has 1 aliphatic carbocycles. The number of hydrogen-bond donors (Lipinski definition) is 1. The number of ether oxygens (including phenoxy) is 1. The van der Waals surface area contributed by atoms with Gasteiger partial charge in [-0.2, -0.15) is 0 Å². The normalized spacial score (nSPS) is 15.5. The van der Waals surface area contributed by atoms with E-state index in [1.165, 1.54) is 11.8 Å². The Hall–Kier alpha value is -1.75. The second-order valence-electron chi connectivity index (χ2n) is 4.79. The second-order valence-corrected chi connectivity index (χ2v) is 5.23. The van der Waals surface area contributed by atoms with E-state index in [-0.39, 0.29) is 18.6 Å². The summed E-state index contributed by atoms with van der Waals surface area (Å²) in [6.45, 7) is 1.34. The van der Waals surface area contributed by atoms with Crippen LogP contribution in [0.3, 0.4) is 0 Å². The van der Waals surface area contributed by atoms with Gasteiger partial charge in [0.25, 0.3) is 5.91 Å². The molecule has 1 unspecified atom stereocenters. The van der Waals surface area contributed by atoms with Crippen LogP contribution in [0.15, 0.2) is 24.3 Å². The highest BCUT2D eigenvalue weighted by atomic mass is 35.5. The molecule has 0 aromatic heterocycles. The molecule has 1 aromatic rings. The van der Waals surface area contributed by atoms with Crippen LogP contribution >= 0.6 is 11.6 Å². The molecule has 0 heterocycles. The Labute approximate surface area is 122 Å². The van der Waals surface area contributed by atoms with E-state index in [0.717, 1.165) is 12.8 Å². The number of carbonyl (C=O) groups is 2. The Bertz CT molecular complexity index is 498. The molecule has 20 heavy (non-hydrogen) atoms. The van der Waals surface area contributed by atoms with Gasteiger partial charge in [-0.25, -0.2) is 4.79 Å². The minimum Gasteiger partial charge on any atom is -0.484 e. The van der Waals surface area contributed by atoms with Crippen LogP contribution in [0.5, 0.6) is 5.75 Å². The largest absolute Gasteiger partial charge is 0.484 e. The molecule has 1 fully saturated rings. The van der Waals surface area contributed by atoms with Crippen molar-refractivity contribution in [2.24, 2.45) is 0 Å². The highest BCUT2D eigenvalue weighted by Gasteiger charge is 2.38. The number of carbonyl (C=O) groups excluding carboxylic acids is 1. The van der Waals surface area contributed by atoms with Crippen molar-refractivity contribution in [3.05, 3.63) is 29.3 Å². The molecule has 1 N–H and O–H groups in total. The zero-order valence-electron chi connectivity index (χ0n) is 11.1. The summed E-state index contributed by atoms with van der Waals surface area (Å²) in [5, 5.41) is 9.63. The number of rotatable bonds is 6. The molecule has 5 nitrogen and oxygen atoms in total. The van der Waals surface area contributed by atoms with Crippen molar-refractivity contribution < 1.29 is 19.4 Å². The Morgan fingerprint density at radius 1 is 1.40 bits per heavy atom. The molecule has 1 saturated carbocycles. The molecule has 0 saturated heterocycles. The molecule has 0 radical (unpaired) electrons. The molecule has 0 bridgehead atoms. The Morgan fingerprint density at radius 3 is 2.50 bits per heavy atom. The Morgan fingerprint density at radius 2 is 2.00 bits per heavy atom. The third-order valence-corrected chi connectivity index (χ3v) is 3.43. The lowest BCUT2D eigenvalue weighted by molar-refractivity contribution is -0.150. The van der Waals surface area contributed by atoms with Gasteiger partial charge in [-0.15, -0.1) is 0 Å². The predicted octanol–water partition coefficient (Wildman–Crippen LogP) is 2.18. The van der Waals surface area contributed by atoms with Crippen molar-refractivity contribution >= 4 is 23.5 Å². The Kier molecular flexibility index (Phi) is 4.49. The highest BCUT2D eigenvalue weighted by molar-refractivity contribution is 6.30. The van der Waals surface area contributed by atoms with Crippen LogP contribution in [0, 0.1) is 0 Å². The van der Waals surface area contributed by atoms with Gasteiger partial charge in [0.1, 0.15) is 11.8 Å². The smallest absolute Gasteiger partial charge is 0.326 e. The zero-order valence-corrected chi connectivity index (χ0v) is 11.8. The van der Waals surface area contributed by atoms with Crippen molar-refractivity contribution in [2.45, 2.75) is 31.8 Å². The lowest BCUT2D eigenvalue weighted by Crippen LogP contribution is -2.46. The number of benzene rings is 1. The summed E-state index contributed by atoms with van der Waals surface area (Å²) in [5.74, 6) is -0.782. The summed E-state index contributed by atoms with van der Waals surface area (Å²) in [6, 6.07) is 5.86. The van der Waals surface area contributed by atoms with E-state index in [9.17, 15) is 9.59 Å². The molecular formula is C14H16ClNO4. The molecule has 0 aliphatic heterocycles. The maximum atomic E-state index is 12.1. The van der Waals surface area contributed by atoms with E-state index >= 15 is 0 Å². The summed E-state index contributed by atoms with van der Waals surface area (Å²) in [6.07, 6.45) is 1.70. The lowest BCUT2D eigenvalue weighted by atomic mass is 10.2. The number of carboxylic acids is 1. The van der Waals surface area contributed by atoms with Crippen LogP contribution in [0.25, 0.3) is 0 Å². The quantitative estimate of drug-likeness (QED) is 0.874. The fourth-order valence-corrected chi connectivity index (χ4v) is 2.08. The summed E-state index contributed by atoms with van der Waals surface area (Å²) in [4.78, 5) is 24.6. The van der Waals surface area contributed by atoms with Gasteiger partial charge in [0.2, 0.25) is 0 Å². The average Bonchev–Trinajstić information content (AvgIpc) is 3.22. The van der Waals surface area contributed by atoms with Crippen LogP contribution in [-0.4, -0.2) is 40.6 Å². The van der Waals surface area contributed by atoms with Gasteiger partial charge >= 0.3 is 5.97 Å². The van der Waals surface area contributed by atoms with Crippen LogP contribution < -0.4 is 4.74 Å². The summed E-state index contributed by atoms with van der Waals surface area (Å²) >= 11 is 5.76. The van der Waals surface area contributed by atoms with Crippen LogP contribution in [0.4, 0.5) is 0 Å². The average molecular weight is 298 g/mol. The van der Waals surface area contributed by atoms with Crippen molar-refractivity contribution in [1.82, 2.24) is 4.90 Å². The van der Waals surface area contributed by atoms with Gasteiger partial charge in [0, 0.05) is 11.1 Å². The van der Waals surface area contributed by atoms with Crippen molar-refractivity contribution in [3.63, 3.8) is 0 Å². The molecule has 1 atom stereocenters. The maximum absolute atomic E-state index is 12.1. The summed E-state index contributed by atoms with van der Waals surface area (Å²) in [5.41, 5.74) is 0. The molecule has 1 amide bonds. The van der Waals surface area contributed by atoms with Crippen LogP contribution in [0.1, 0.15) is 19.8 Å². The molecule has 6 heteroatoms. The summed E-state index contributed by atoms with van der Waals surface area (Å²) in [7, 11) is 0. The molecule has 1 aliphatic rings. The van der Waals surface area contributed by atoms with E-state index in [4.69, 9.17) is 21.4 Å². The monoisotopic (exact) mass is 297 g/mol. The SMILES string of the molecule is CC(C(=O)O)N(C(=O)COc1ccc(Cl)cc1)C1CC1. The van der Waals surface area contributed by atoms with Crippen molar-refractivity contribution in [1.29, 1.82) is 0 Å². The minimum atomic E-state index is -1.00. The molecular weight excluding hydrogens is 282 g/mol. The van der Waals surface area contributed by atoms with E-state index in [0.29, 0.717) is 10.8 Å². The highest BCUT2D eigenvalue weighted by Crippen LogP contribution is 2.29. The lowest BCUT2D eigenvalue weighted by Gasteiger charge is -2.26. The first-order chi connectivity index (χ1) is 9.49. The van der Waals surface area contributed by atoms with Crippen LogP contribution in [0.2, 0.25) is 5.02 Å². The van der Waals surface area contributed by atoms with Gasteiger partial charge in [0.05, 0.1) is 0 Å². The fourth-order valence-electron chi connectivity index (χ4n) is 1.96. The number of nitrogens with zero attached hydrogens (tertiary/aromatic N) is 1. The topological polar surface area (TPSA) is 66.8 Å². The van der Waals surface area contributed by atoms with E-state index in [1.54, 1.807) is 24.3 Å². The minimum absolute atomic E-state index is 0.0300. The van der Waals surface area contributed by atoms with Gasteiger partial charge < -0.3 is 14.7 Å². The molecule has 1 aromatic carbocycles. The van der Waals surface area contributed by atoms with Crippen molar-refractivity contribution in [2.75, 3.05) is 6.61 Å². The first-order valence-corrected chi connectivity index (χ1v) is 6.79. The Balaban J connectivity index is 1.95. The van der Waals surface area contributed by atoms with E-state index in [2.05, 4.69) is 0 Å². The number of halogens is 1. The first-order valence-electron chi connectivity index (χ1n) is 6.41. The molecule has 2 rings (SSSR count). The van der Waals surface area contributed by atoms with Gasteiger partial charge in [-0.05, 0) is 44.0 Å². The maximum Gasteiger partial charge on any atom is 0.326 e. The standard InChI is InChI=1S/C14H16ClNO4/c1-9(14(18)19)16(11-4-5-11)13(17)8-20-12-6-2-10(15)3-7-12/h2-3,6-7,9,11H,4-5,8H2,1H3,(H,18,19). The fraction of sp³-hybridized carbons (Fsp3) is 0.429. The predicted molar refractivity (Wildman–Crippen MR) is 73.9 cm³/mol. The summed E-state index contributed by atoms with van der Waals surface area (Å²) < 4.78 is 5.37. The van der Waals surface area contributed by atoms with E-state index in [1.807, 2.05) is 0 Å². The third-order valence-electron chi connectivity index (χ3n) is 3.18. The van der Waals surface area contributed by atoms with Crippen molar-refractivity contribution in [3.8, 4) is 5.75 Å².